The van der Waals surface area contributed by atoms with Gasteiger partial charge in [-0.3, -0.25) is 4.79 Å². The molecule has 46 valence electrons. The maximum absolute atomic E-state index is 10.2. The Balaban J connectivity index is 3.25. The van der Waals surface area contributed by atoms with Crippen LogP contribution < -0.4 is 0 Å². The van der Waals surface area contributed by atoms with Crippen LogP contribution in [0.5, 0.6) is 0 Å². The third-order valence-corrected chi connectivity index (χ3v) is 0.779. The predicted octanol–water partition coefficient (Wildman–Crippen LogP) is 1.30. The predicted molar refractivity (Wildman–Crippen MR) is 31.6 cm³/mol. The van der Waals surface area contributed by atoms with Gasteiger partial charge < -0.3 is 4.74 Å². The summed E-state index contributed by atoms with van der Waals surface area (Å²) in [5.41, 5.74) is 1.29. The molecule has 0 aliphatic carbocycles. The van der Waals surface area contributed by atoms with Crippen molar-refractivity contribution in [3.05, 3.63) is 11.6 Å². The highest BCUT2D eigenvalue weighted by Gasteiger charge is 1.91. The largest absolute Gasteiger partial charge is 0.469 e. The fraction of sp³-hybridized carbons (Fsp3) is 0.400. The van der Waals surface area contributed by atoms with Crippen LogP contribution in [0.1, 0.15) is 6.42 Å². The van der Waals surface area contributed by atoms with Crippen LogP contribution in [-0.4, -0.2) is 13.1 Å². The highest BCUT2D eigenvalue weighted by atomic mass is 35.5. The van der Waals surface area contributed by atoms with E-state index in [1.807, 2.05) is 0 Å². The van der Waals surface area contributed by atoms with Crippen LogP contribution in [0, 0.1) is 0 Å². The molecule has 0 aliphatic rings. The smallest absolute Gasteiger partial charge is 0.309 e. The minimum atomic E-state index is -0.276. The van der Waals surface area contributed by atoms with E-state index in [-0.39, 0.29) is 12.4 Å². The molecule has 0 aromatic heterocycles. The fourth-order valence-corrected chi connectivity index (χ4v) is 0.313. The summed E-state index contributed by atoms with van der Waals surface area (Å²) in [6, 6.07) is 0. The third kappa shape index (κ3) is 3.68. The van der Waals surface area contributed by atoms with Gasteiger partial charge in [-0.15, -0.1) is 0 Å². The summed E-state index contributed by atoms with van der Waals surface area (Å²) in [5, 5.41) is 0. The van der Waals surface area contributed by atoms with Crippen molar-refractivity contribution in [1.82, 2.24) is 0 Å². The quantitative estimate of drug-likeness (QED) is 0.533. The van der Waals surface area contributed by atoms with E-state index >= 15 is 0 Å². The molecular weight excluding hydrogens is 128 g/mol. The van der Waals surface area contributed by atoms with Gasteiger partial charge in [-0.25, -0.2) is 0 Å². The van der Waals surface area contributed by atoms with E-state index in [1.165, 1.54) is 18.7 Å². The Morgan fingerprint density at radius 2 is 2.50 bits per heavy atom. The summed E-state index contributed by atoms with van der Waals surface area (Å²) in [5.74, 6) is -0.276. The molecule has 0 fully saturated rings. The van der Waals surface area contributed by atoms with Crippen molar-refractivity contribution in [1.29, 1.82) is 0 Å². The normalized spacial score (nSPS) is 9.75. The minimum Gasteiger partial charge on any atom is -0.469 e. The SMILES string of the molecule is COC(=O)C/C=C/Cl. The number of carbonyl (C=O) groups is 1. The zero-order chi connectivity index (χ0) is 6.41. The molecular formula is C5H7ClO2. The van der Waals surface area contributed by atoms with Gasteiger partial charge in [-0.05, 0) is 0 Å². The van der Waals surface area contributed by atoms with Gasteiger partial charge in [-0.1, -0.05) is 17.7 Å². The Morgan fingerprint density at radius 3 is 2.88 bits per heavy atom. The number of hydrogen-bond donors (Lipinski definition) is 0. The summed E-state index contributed by atoms with van der Waals surface area (Å²) in [7, 11) is 1.34. The fourth-order valence-electron chi connectivity index (χ4n) is 0.224. The average molecular weight is 135 g/mol. The number of rotatable bonds is 2. The molecule has 0 radical (unpaired) electrons. The lowest BCUT2D eigenvalue weighted by atomic mass is 10.4. The first kappa shape index (κ1) is 7.50. The van der Waals surface area contributed by atoms with Crippen LogP contribution in [-0.2, 0) is 9.53 Å². The second kappa shape index (κ2) is 4.65. The van der Waals surface area contributed by atoms with Crippen LogP contribution in [0.15, 0.2) is 11.6 Å². The van der Waals surface area contributed by atoms with Crippen LogP contribution in [0.4, 0.5) is 0 Å². The molecule has 0 saturated carbocycles. The number of hydrogen-bond acceptors (Lipinski definition) is 2. The van der Waals surface area contributed by atoms with Gasteiger partial charge in [0.2, 0.25) is 0 Å². The highest BCUT2D eigenvalue weighted by molar-refractivity contribution is 6.25. The first-order valence-electron chi connectivity index (χ1n) is 2.13. The minimum absolute atomic E-state index is 0.250. The molecule has 0 rings (SSSR count). The van der Waals surface area contributed by atoms with Crippen molar-refractivity contribution < 1.29 is 9.53 Å². The van der Waals surface area contributed by atoms with Crippen molar-refractivity contribution in [2.75, 3.05) is 7.11 Å². The maximum atomic E-state index is 10.2. The standard InChI is InChI=1S/C5H7ClO2/c1-8-5(7)3-2-4-6/h2,4H,3H2,1H3/b4-2+. The Kier molecular flexibility index (Phi) is 4.36. The van der Waals surface area contributed by atoms with Gasteiger partial charge in [0.15, 0.2) is 0 Å². The molecule has 0 aromatic carbocycles. The van der Waals surface area contributed by atoms with Crippen LogP contribution in [0.25, 0.3) is 0 Å². The van der Waals surface area contributed by atoms with Crippen molar-refractivity contribution in [2.24, 2.45) is 0 Å². The van der Waals surface area contributed by atoms with Gasteiger partial charge in [0.1, 0.15) is 0 Å². The molecule has 0 aliphatic heterocycles. The van der Waals surface area contributed by atoms with E-state index in [0.29, 0.717) is 0 Å². The monoisotopic (exact) mass is 134 g/mol. The van der Waals surface area contributed by atoms with Crippen molar-refractivity contribution in [3.8, 4) is 0 Å². The molecule has 3 heteroatoms. The molecule has 0 spiro atoms. The number of carbonyl (C=O) groups excluding carboxylic acids is 1. The lowest BCUT2D eigenvalue weighted by molar-refractivity contribution is -0.139. The van der Waals surface area contributed by atoms with Gasteiger partial charge in [0, 0.05) is 5.54 Å². The molecule has 2 nitrogen and oxygen atoms in total. The van der Waals surface area contributed by atoms with Gasteiger partial charge in [0.05, 0.1) is 13.5 Å². The molecule has 0 bridgehead atoms. The van der Waals surface area contributed by atoms with Crippen molar-refractivity contribution >= 4 is 17.6 Å². The van der Waals surface area contributed by atoms with Crippen LogP contribution in [0.2, 0.25) is 0 Å². The first-order valence-corrected chi connectivity index (χ1v) is 2.57. The lowest BCUT2D eigenvalue weighted by Crippen LogP contribution is -1.96. The van der Waals surface area contributed by atoms with Crippen LogP contribution >= 0.6 is 11.6 Å². The molecule has 0 heterocycles. The number of methoxy groups -OCH3 is 1. The Bertz CT molecular complexity index is 98.6. The number of ether oxygens (including phenoxy) is 1. The number of esters is 1. The van der Waals surface area contributed by atoms with E-state index in [4.69, 9.17) is 11.6 Å². The van der Waals surface area contributed by atoms with Crippen molar-refractivity contribution in [2.45, 2.75) is 6.42 Å². The van der Waals surface area contributed by atoms with E-state index in [2.05, 4.69) is 4.74 Å². The topological polar surface area (TPSA) is 26.3 Å². The third-order valence-electron chi connectivity index (χ3n) is 0.601. The average Bonchev–Trinajstić information content (AvgIpc) is 1.83. The van der Waals surface area contributed by atoms with Crippen LogP contribution in [0.3, 0.4) is 0 Å². The van der Waals surface area contributed by atoms with Gasteiger partial charge in [0.25, 0.3) is 0 Å². The highest BCUT2D eigenvalue weighted by Crippen LogP contribution is 1.87. The Hall–Kier alpha value is -0.500. The zero-order valence-corrected chi connectivity index (χ0v) is 5.31. The summed E-state index contributed by atoms with van der Waals surface area (Å²) in [4.78, 5) is 10.2. The van der Waals surface area contributed by atoms with Crippen molar-refractivity contribution in [3.63, 3.8) is 0 Å². The first-order chi connectivity index (χ1) is 3.81. The second-order valence-electron chi connectivity index (χ2n) is 1.14. The summed E-state index contributed by atoms with van der Waals surface area (Å²) < 4.78 is 4.30. The zero-order valence-electron chi connectivity index (χ0n) is 4.56. The summed E-state index contributed by atoms with van der Waals surface area (Å²) in [6.45, 7) is 0. The molecule has 0 N–H and O–H groups in total. The molecule has 0 aromatic rings. The molecule has 0 atom stereocenters. The maximum Gasteiger partial charge on any atom is 0.309 e. The summed E-state index contributed by atoms with van der Waals surface area (Å²) >= 11 is 5.11. The Labute approximate surface area is 53.1 Å². The van der Waals surface area contributed by atoms with Gasteiger partial charge >= 0.3 is 5.97 Å². The van der Waals surface area contributed by atoms with E-state index < -0.39 is 0 Å². The lowest BCUT2D eigenvalue weighted by Gasteiger charge is -1.89. The van der Waals surface area contributed by atoms with E-state index in [1.54, 1.807) is 0 Å². The van der Waals surface area contributed by atoms with E-state index in [9.17, 15) is 4.79 Å². The Morgan fingerprint density at radius 1 is 1.88 bits per heavy atom. The summed E-state index contributed by atoms with van der Waals surface area (Å²) in [6.07, 6.45) is 1.77. The van der Waals surface area contributed by atoms with E-state index in [0.717, 1.165) is 0 Å². The molecule has 0 amide bonds. The second-order valence-corrected chi connectivity index (χ2v) is 1.39. The molecule has 8 heavy (non-hydrogen) atoms. The van der Waals surface area contributed by atoms with Gasteiger partial charge in [-0.2, -0.15) is 0 Å². The number of halogens is 1. The molecule has 0 unspecified atom stereocenters. The molecule has 0 saturated heterocycles.